The summed E-state index contributed by atoms with van der Waals surface area (Å²) in [6.45, 7) is 6.51. The molecule has 0 bridgehead atoms. The molecule has 0 unspecified atom stereocenters. The highest BCUT2D eigenvalue weighted by Crippen LogP contribution is 2.32. The largest absolute Gasteiger partial charge is 0.490 e. The lowest BCUT2D eigenvalue weighted by atomic mass is 10.0. The fraction of sp³-hybridized carbons (Fsp3) is 0.348. The molecule has 0 atom stereocenters. The van der Waals surface area contributed by atoms with E-state index in [1.807, 2.05) is 39.0 Å². The fourth-order valence-electron chi connectivity index (χ4n) is 3.39. The van der Waals surface area contributed by atoms with E-state index in [1.165, 1.54) is 17.5 Å². The molecule has 1 aromatic heterocycles. The Hall–Kier alpha value is -3.17. The van der Waals surface area contributed by atoms with Gasteiger partial charge in [0, 0.05) is 11.1 Å². The average Bonchev–Trinajstić information content (AvgIpc) is 3.38. The van der Waals surface area contributed by atoms with E-state index in [1.54, 1.807) is 12.1 Å². The number of aromatic nitrogens is 2. The molecule has 6 heteroatoms. The summed E-state index contributed by atoms with van der Waals surface area (Å²) < 4.78 is 11.1. The lowest BCUT2D eigenvalue weighted by Crippen LogP contribution is -2.06. The zero-order valence-corrected chi connectivity index (χ0v) is 17.1. The molecule has 3 aromatic rings. The monoisotopic (exact) mass is 390 g/mol. The first-order valence-electron chi connectivity index (χ1n) is 9.93. The van der Waals surface area contributed by atoms with Crippen molar-refractivity contribution in [3.63, 3.8) is 0 Å². The predicted molar refractivity (Wildman–Crippen MR) is 112 cm³/mol. The number of ether oxygens (including phenoxy) is 1. The van der Waals surface area contributed by atoms with Gasteiger partial charge in [-0.05, 0) is 69.0 Å². The Kier molecular flexibility index (Phi) is 6.63. The number of rotatable bonds is 4. The summed E-state index contributed by atoms with van der Waals surface area (Å²) in [4.78, 5) is 4.57. The van der Waals surface area contributed by atoms with Crippen molar-refractivity contribution >= 4 is 0 Å². The van der Waals surface area contributed by atoms with Crippen molar-refractivity contribution < 1.29 is 9.26 Å². The molecule has 2 N–H and O–H groups in total. The second kappa shape index (κ2) is 9.35. The summed E-state index contributed by atoms with van der Waals surface area (Å²) in [5, 5.41) is 13.6. The van der Waals surface area contributed by atoms with Gasteiger partial charge in [-0.2, -0.15) is 10.2 Å². The van der Waals surface area contributed by atoms with Crippen LogP contribution in [0.15, 0.2) is 40.9 Å². The van der Waals surface area contributed by atoms with E-state index in [9.17, 15) is 5.26 Å². The van der Waals surface area contributed by atoms with Crippen LogP contribution in [0.5, 0.6) is 5.75 Å². The number of hydrogen-bond acceptors (Lipinski definition) is 6. The minimum Gasteiger partial charge on any atom is -0.490 e. The maximum Gasteiger partial charge on any atom is 0.258 e. The van der Waals surface area contributed by atoms with E-state index in [-0.39, 0.29) is 6.10 Å². The zero-order valence-electron chi connectivity index (χ0n) is 17.1. The van der Waals surface area contributed by atoms with Crippen LogP contribution in [0.4, 0.5) is 0 Å². The first-order chi connectivity index (χ1) is 14.1. The second-order valence-corrected chi connectivity index (χ2v) is 7.12. The Morgan fingerprint density at radius 1 is 1.24 bits per heavy atom. The molecule has 1 aliphatic carbocycles. The van der Waals surface area contributed by atoms with Crippen LogP contribution in [0.25, 0.3) is 22.8 Å². The number of benzene rings is 2. The van der Waals surface area contributed by atoms with Crippen LogP contribution in [0.3, 0.4) is 0 Å². The molecule has 0 amide bonds. The molecular weight excluding hydrogens is 364 g/mol. The minimum absolute atomic E-state index is 0.00290. The van der Waals surface area contributed by atoms with Gasteiger partial charge in [0.05, 0.1) is 11.7 Å². The normalized spacial score (nSPS) is 12.1. The molecule has 29 heavy (non-hydrogen) atoms. The Morgan fingerprint density at radius 2 is 2.03 bits per heavy atom. The summed E-state index contributed by atoms with van der Waals surface area (Å²) in [7, 11) is 0. The van der Waals surface area contributed by atoms with Gasteiger partial charge >= 0.3 is 0 Å². The minimum atomic E-state index is 0.00290. The molecule has 0 fully saturated rings. The van der Waals surface area contributed by atoms with E-state index < -0.39 is 0 Å². The van der Waals surface area contributed by atoms with E-state index in [2.05, 4.69) is 22.3 Å². The predicted octanol–water partition coefficient (Wildman–Crippen LogP) is 4.52. The molecule has 150 valence electrons. The van der Waals surface area contributed by atoms with Gasteiger partial charge in [-0.3, -0.25) is 0 Å². The summed E-state index contributed by atoms with van der Waals surface area (Å²) in [6, 6.07) is 13.8. The first-order valence-corrected chi connectivity index (χ1v) is 9.93. The van der Waals surface area contributed by atoms with Crippen molar-refractivity contribution in [3.05, 3.63) is 53.1 Å². The molecule has 1 heterocycles. The topological polar surface area (TPSA) is 98.0 Å². The van der Waals surface area contributed by atoms with E-state index in [4.69, 9.17) is 15.0 Å². The number of fused-ring (bicyclic) bond motifs is 1. The van der Waals surface area contributed by atoms with Gasteiger partial charge in [0.2, 0.25) is 5.82 Å². The van der Waals surface area contributed by atoms with Crippen molar-refractivity contribution in [2.75, 3.05) is 6.54 Å². The highest BCUT2D eigenvalue weighted by Gasteiger charge is 2.19. The molecule has 0 spiro atoms. The third-order valence-corrected chi connectivity index (χ3v) is 4.52. The fourth-order valence-corrected chi connectivity index (χ4v) is 3.39. The highest BCUT2D eigenvalue weighted by atomic mass is 16.5. The van der Waals surface area contributed by atoms with Gasteiger partial charge < -0.3 is 15.0 Å². The van der Waals surface area contributed by atoms with E-state index in [0.717, 1.165) is 24.9 Å². The molecule has 6 nitrogen and oxygen atoms in total. The van der Waals surface area contributed by atoms with Crippen molar-refractivity contribution in [1.82, 2.24) is 10.1 Å². The Bertz CT molecular complexity index is 1020. The van der Waals surface area contributed by atoms with Crippen LogP contribution >= 0.6 is 0 Å². The van der Waals surface area contributed by atoms with E-state index >= 15 is 0 Å². The van der Waals surface area contributed by atoms with Crippen LogP contribution in [0, 0.1) is 11.3 Å². The summed E-state index contributed by atoms with van der Waals surface area (Å²) in [5.74, 6) is 1.56. The summed E-state index contributed by atoms with van der Waals surface area (Å²) >= 11 is 0. The number of nitrogens with two attached hydrogens (primary N) is 1. The van der Waals surface area contributed by atoms with Crippen molar-refractivity contribution in [1.29, 1.82) is 5.26 Å². The number of nitriles is 1. The van der Waals surface area contributed by atoms with Crippen LogP contribution in [0.2, 0.25) is 0 Å². The summed E-state index contributed by atoms with van der Waals surface area (Å²) in [6.07, 6.45) is 3.33. The van der Waals surface area contributed by atoms with Gasteiger partial charge in [0.15, 0.2) is 0 Å². The molecule has 2 aromatic carbocycles. The van der Waals surface area contributed by atoms with Crippen molar-refractivity contribution in [2.45, 2.75) is 46.1 Å². The van der Waals surface area contributed by atoms with Crippen molar-refractivity contribution in [2.24, 2.45) is 5.73 Å². The van der Waals surface area contributed by atoms with E-state index in [0.29, 0.717) is 28.6 Å². The van der Waals surface area contributed by atoms with Gasteiger partial charge in [-0.1, -0.05) is 30.3 Å². The molecule has 1 aliphatic rings. The van der Waals surface area contributed by atoms with Gasteiger partial charge in [0.1, 0.15) is 11.8 Å². The SMILES string of the molecule is CC(C)Oc1ccc(-c2nc(-c3cccc4c3CCC4)no2)cc1C#N.CCN. The zero-order chi connectivity index (χ0) is 20.8. The number of aryl methyl sites for hydroxylation is 1. The molecule has 0 radical (unpaired) electrons. The molecule has 0 saturated carbocycles. The standard InChI is InChI=1S/C21H19N3O2.C2H7N/c1-13(2)25-19-10-9-15(11-16(19)12-22)21-23-20(24-26-21)18-8-4-6-14-5-3-7-17(14)18;1-2-3/h4,6,8-11,13H,3,5,7H2,1-2H3;2-3H2,1H3. The van der Waals surface area contributed by atoms with Crippen LogP contribution in [0.1, 0.15) is 43.9 Å². The van der Waals surface area contributed by atoms with Gasteiger partial charge in [0.25, 0.3) is 5.89 Å². The Morgan fingerprint density at radius 3 is 2.76 bits per heavy atom. The van der Waals surface area contributed by atoms with Crippen LogP contribution in [-0.4, -0.2) is 22.8 Å². The van der Waals surface area contributed by atoms with Gasteiger partial charge in [-0.15, -0.1) is 0 Å². The van der Waals surface area contributed by atoms with Crippen LogP contribution in [-0.2, 0) is 12.8 Å². The smallest absolute Gasteiger partial charge is 0.258 e. The lowest BCUT2D eigenvalue weighted by Gasteiger charge is -2.11. The lowest BCUT2D eigenvalue weighted by molar-refractivity contribution is 0.242. The Labute approximate surface area is 171 Å². The average molecular weight is 390 g/mol. The first kappa shape index (κ1) is 20.6. The Balaban J connectivity index is 0.000000755. The quantitative estimate of drug-likeness (QED) is 0.703. The molecular formula is C23H26N4O2. The van der Waals surface area contributed by atoms with Gasteiger partial charge in [-0.25, -0.2) is 0 Å². The maximum atomic E-state index is 9.40. The number of hydrogen-bond donors (Lipinski definition) is 1. The molecule has 4 rings (SSSR count). The third-order valence-electron chi connectivity index (χ3n) is 4.52. The molecule has 0 aliphatic heterocycles. The summed E-state index contributed by atoms with van der Waals surface area (Å²) in [5.41, 5.74) is 9.74. The van der Waals surface area contributed by atoms with Crippen LogP contribution < -0.4 is 10.5 Å². The maximum absolute atomic E-state index is 9.40. The highest BCUT2D eigenvalue weighted by molar-refractivity contribution is 5.66. The number of nitrogens with zero attached hydrogens (tertiary/aromatic N) is 3. The third kappa shape index (κ3) is 4.64. The van der Waals surface area contributed by atoms with Crippen molar-refractivity contribution in [3.8, 4) is 34.7 Å². The molecule has 0 saturated heterocycles. The second-order valence-electron chi connectivity index (χ2n) is 7.12.